The summed E-state index contributed by atoms with van der Waals surface area (Å²) in [5.74, 6) is 0. The van der Waals surface area contributed by atoms with E-state index in [0.717, 1.165) is 11.1 Å². The van der Waals surface area contributed by atoms with E-state index in [-0.39, 0.29) is 0 Å². The van der Waals surface area contributed by atoms with Gasteiger partial charge < -0.3 is 0 Å². The van der Waals surface area contributed by atoms with Crippen molar-refractivity contribution in [2.45, 2.75) is 88.1 Å². The summed E-state index contributed by atoms with van der Waals surface area (Å²) in [4.78, 5) is 0. The third kappa shape index (κ3) is 4.30. The van der Waals surface area contributed by atoms with Crippen molar-refractivity contribution in [1.82, 2.24) is 0 Å². The van der Waals surface area contributed by atoms with Crippen LogP contribution in [0.4, 0.5) is 0 Å². The van der Waals surface area contributed by atoms with Gasteiger partial charge in [0.25, 0.3) is 0 Å². The van der Waals surface area contributed by atoms with Gasteiger partial charge in [-0.1, -0.05) is 77.0 Å². The molecule has 0 aliphatic heterocycles. The second kappa shape index (κ2) is 6.73. The molecule has 1 heteroatoms. The summed E-state index contributed by atoms with van der Waals surface area (Å²) in [7, 11) is 1.32. The van der Waals surface area contributed by atoms with Crippen LogP contribution >= 0.6 is 0 Å². The van der Waals surface area contributed by atoms with Crippen LogP contribution in [0.1, 0.15) is 77.0 Å². The first kappa shape index (κ1) is 11.7. The van der Waals surface area contributed by atoms with Crippen molar-refractivity contribution in [3.8, 4) is 0 Å². The lowest BCUT2D eigenvalue weighted by Gasteiger charge is -2.19. The van der Waals surface area contributed by atoms with Crippen molar-refractivity contribution < 1.29 is 0 Å². The lowest BCUT2D eigenvalue weighted by Crippen LogP contribution is -2.10. The second-order valence-electron chi connectivity index (χ2n) is 5.54. The Morgan fingerprint density at radius 3 is 1.13 bits per heavy atom. The summed E-state index contributed by atoms with van der Waals surface area (Å²) >= 11 is 0. The SMILES string of the molecule is C1CCCC([Si]C2CCCCCC2)CC1. The number of hydrogen-bond acceptors (Lipinski definition) is 0. The molecule has 0 amide bonds. The van der Waals surface area contributed by atoms with Gasteiger partial charge in [-0.25, -0.2) is 0 Å². The predicted molar refractivity (Wildman–Crippen MR) is 68.7 cm³/mol. The van der Waals surface area contributed by atoms with Gasteiger partial charge in [-0.15, -0.1) is 0 Å². The molecule has 0 atom stereocenters. The minimum Gasteiger partial charge on any atom is -0.0533 e. The standard InChI is InChI=1S/C14H26Si/c1-2-6-10-13(9-5-1)15-14-11-7-3-4-8-12-14/h13-14H,1-12H2. The van der Waals surface area contributed by atoms with E-state index in [1.807, 2.05) is 0 Å². The summed E-state index contributed by atoms with van der Waals surface area (Å²) in [6, 6.07) is 0. The summed E-state index contributed by atoms with van der Waals surface area (Å²) in [6.45, 7) is 0. The molecule has 86 valence electrons. The maximum atomic E-state index is 1.56. The summed E-state index contributed by atoms with van der Waals surface area (Å²) in [6.07, 6.45) is 18.5. The van der Waals surface area contributed by atoms with Crippen LogP contribution in [0.5, 0.6) is 0 Å². The fourth-order valence-corrected chi connectivity index (χ4v) is 5.38. The van der Waals surface area contributed by atoms with Crippen LogP contribution in [0.3, 0.4) is 0 Å². The molecular weight excluding hydrogens is 196 g/mol. The molecule has 2 radical (unpaired) electrons. The van der Waals surface area contributed by atoms with E-state index in [0.29, 0.717) is 0 Å². The topological polar surface area (TPSA) is 0 Å². The molecule has 0 aromatic rings. The summed E-state index contributed by atoms with van der Waals surface area (Å²) < 4.78 is 0. The van der Waals surface area contributed by atoms with E-state index >= 15 is 0 Å². The van der Waals surface area contributed by atoms with E-state index in [1.54, 1.807) is 25.7 Å². The average Bonchev–Trinajstić information content (AvgIpc) is 2.63. The first-order valence-electron chi connectivity index (χ1n) is 7.21. The van der Waals surface area contributed by atoms with Gasteiger partial charge in [0.2, 0.25) is 0 Å². The molecule has 0 N–H and O–H groups in total. The molecule has 0 unspecified atom stereocenters. The molecule has 0 bridgehead atoms. The van der Waals surface area contributed by atoms with Gasteiger partial charge in [-0.3, -0.25) is 0 Å². The third-order valence-electron chi connectivity index (χ3n) is 4.18. The van der Waals surface area contributed by atoms with Gasteiger partial charge in [0, 0.05) is 9.52 Å². The number of hydrogen-bond donors (Lipinski definition) is 0. The number of rotatable bonds is 2. The monoisotopic (exact) mass is 222 g/mol. The molecule has 2 aliphatic carbocycles. The van der Waals surface area contributed by atoms with Crippen molar-refractivity contribution >= 4 is 9.52 Å². The maximum Gasteiger partial charge on any atom is 0.0448 e. The van der Waals surface area contributed by atoms with Gasteiger partial charge in [0.1, 0.15) is 0 Å². The van der Waals surface area contributed by atoms with Crippen molar-refractivity contribution in [3.05, 3.63) is 0 Å². The lowest BCUT2D eigenvalue weighted by molar-refractivity contribution is 0.641. The zero-order valence-electron chi connectivity index (χ0n) is 10.1. The van der Waals surface area contributed by atoms with Gasteiger partial charge in [0.15, 0.2) is 0 Å². The molecule has 0 saturated heterocycles. The maximum absolute atomic E-state index is 1.56. The van der Waals surface area contributed by atoms with E-state index < -0.39 is 0 Å². The van der Waals surface area contributed by atoms with Crippen molar-refractivity contribution in [1.29, 1.82) is 0 Å². The van der Waals surface area contributed by atoms with Crippen LogP contribution in [0.2, 0.25) is 11.1 Å². The molecule has 2 aliphatic rings. The van der Waals surface area contributed by atoms with E-state index in [1.165, 1.54) is 60.9 Å². The van der Waals surface area contributed by atoms with Crippen LogP contribution in [0.15, 0.2) is 0 Å². The van der Waals surface area contributed by atoms with E-state index in [4.69, 9.17) is 0 Å². The quantitative estimate of drug-likeness (QED) is 0.457. The highest BCUT2D eigenvalue weighted by atomic mass is 28.2. The van der Waals surface area contributed by atoms with Crippen LogP contribution < -0.4 is 0 Å². The van der Waals surface area contributed by atoms with E-state index in [9.17, 15) is 0 Å². The van der Waals surface area contributed by atoms with E-state index in [2.05, 4.69) is 0 Å². The zero-order valence-corrected chi connectivity index (χ0v) is 11.1. The van der Waals surface area contributed by atoms with Crippen LogP contribution in [-0.4, -0.2) is 9.52 Å². The largest absolute Gasteiger partial charge is 0.0533 e. The molecule has 2 saturated carbocycles. The highest BCUT2D eigenvalue weighted by Gasteiger charge is 2.19. The Kier molecular flexibility index (Phi) is 5.24. The molecule has 15 heavy (non-hydrogen) atoms. The van der Waals surface area contributed by atoms with Gasteiger partial charge >= 0.3 is 0 Å². The van der Waals surface area contributed by atoms with Crippen LogP contribution in [0, 0.1) is 0 Å². The van der Waals surface area contributed by atoms with Crippen LogP contribution in [-0.2, 0) is 0 Å². The molecule has 0 aromatic carbocycles. The molecule has 2 rings (SSSR count). The fraction of sp³-hybridized carbons (Fsp3) is 1.00. The Balaban J connectivity index is 1.73. The smallest absolute Gasteiger partial charge is 0.0448 e. The molecule has 0 aromatic heterocycles. The Morgan fingerprint density at radius 2 is 0.800 bits per heavy atom. The first-order valence-corrected chi connectivity index (χ1v) is 8.37. The molecule has 0 nitrogen and oxygen atoms in total. The molecule has 0 spiro atoms. The van der Waals surface area contributed by atoms with Gasteiger partial charge in [0.05, 0.1) is 0 Å². The highest BCUT2D eigenvalue weighted by Crippen LogP contribution is 2.34. The Hall–Kier alpha value is 0.217. The van der Waals surface area contributed by atoms with Crippen molar-refractivity contribution in [2.75, 3.05) is 0 Å². The van der Waals surface area contributed by atoms with Gasteiger partial charge in [-0.2, -0.15) is 0 Å². The minimum atomic E-state index is 1.13. The molecular formula is C14H26Si. The highest BCUT2D eigenvalue weighted by molar-refractivity contribution is 6.39. The molecule has 2 fully saturated rings. The van der Waals surface area contributed by atoms with Crippen molar-refractivity contribution in [3.63, 3.8) is 0 Å². The lowest BCUT2D eigenvalue weighted by atomic mass is 10.2. The summed E-state index contributed by atoms with van der Waals surface area (Å²) in [5.41, 5.74) is 2.27. The van der Waals surface area contributed by atoms with Crippen molar-refractivity contribution in [2.24, 2.45) is 0 Å². The predicted octanol–water partition coefficient (Wildman–Crippen LogP) is 4.98. The Labute approximate surface area is 98.0 Å². The minimum absolute atomic E-state index is 1.13. The Morgan fingerprint density at radius 1 is 0.467 bits per heavy atom. The fourth-order valence-electron chi connectivity index (χ4n) is 3.23. The zero-order chi connectivity index (χ0) is 10.3. The van der Waals surface area contributed by atoms with Crippen LogP contribution in [0.25, 0.3) is 0 Å². The normalized spacial score (nSPS) is 27.2. The molecule has 0 heterocycles. The van der Waals surface area contributed by atoms with Gasteiger partial charge in [-0.05, 0) is 11.1 Å². The second-order valence-corrected chi connectivity index (χ2v) is 7.51. The Bertz CT molecular complexity index is 133. The average molecular weight is 222 g/mol. The first-order chi connectivity index (χ1) is 7.45. The summed E-state index contributed by atoms with van der Waals surface area (Å²) in [5, 5.41) is 0. The third-order valence-corrected chi connectivity index (χ3v) is 6.28.